The van der Waals surface area contributed by atoms with E-state index in [2.05, 4.69) is 10.6 Å². The molecule has 4 nitrogen and oxygen atoms in total. The first-order valence-corrected chi connectivity index (χ1v) is 5.97. The summed E-state index contributed by atoms with van der Waals surface area (Å²) in [5.74, 6) is 0.861. The van der Waals surface area contributed by atoms with Gasteiger partial charge in [0.25, 0.3) is 0 Å². The number of ether oxygens (including phenoxy) is 1. The molecule has 0 saturated carbocycles. The van der Waals surface area contributed by atoms with Crippen LogP contribution in [0, 0.1) is 0 Å². The highest BCUT2D eigenvalue weighted by molar-refractivity contribution is 5.84. The molecule has 1 amide bonds. The van der Waals surface area contributed by atoms with E-state index in [1.54, 1.807) is 0 Å². The fourth-order valence-corrected chi connectivity index (χ4v) is 2.05. The molecule has 0 spiro atoms. The lowest BCUT2D eigenvalue weighted by Gasteiger charge is -2.25. The molecule has 0 radical (unpaired) electrons. The van der Waals surface area contributed by atoms with Gasteiger partial charge in [-0.2, -0.15) is 0 Å². The van der Waals surface area contributed by atoms with Crippen molar-refractivity contribution < 1.29 is 9.53 Å². The Morgan fingerprint density at radius 2 is 2.24 bits per heavy atom. The van der Waals surface area contributed by atoms with Gasteiger partial charge in [-0.05, 0) is 19.5 Å². The molecule has 1 heterocycles. The smallest absolute Gasteiger partial charge is 0.227 e. The molecule has 0 aromatic heterocycles. The second-order valence-corrected chi connectivity index (χ2v) is 4.12. The Bertz CT molecular complexity index is 393. The first-order valence-electron chi connectivity index (χ1n) is 5.97. The van der Waals surface area contributed by atoms with Crippen LogP contribution in [0.1, 0.15) is 17.9 Å². The summed E-state index contributed by atoms with van der Waals surface area (Å²) in [7, 11) is 1.87. The van der Waals surface area contributed by atoms with E-state index in [0.717, 1.165) is 24.3 Å². The third-order valence-electron chi connectivity index (χ3n) is 2.95. The predicted octanol–water partition coefficient (Wildman–Crippen LogP) is 0.888. The summed E-state index contributed by atoms with van der Waals surface area (Å²) in [6.45, 7) is 2.06. The van der Waals surface area contributed by atoms with Crippen molar-refractivity contribution >= 4 is 5.91 Å². The molecule has 1 aromatic rings. The van der Waals surface area contributed by atoms with Crippen LogP contribution in [0.2, 0.25) is 0 Å². The first kappa shape index (κ1) is 11.9. The van der Waals surface area contributed by atoms with Gasteiger partial charge in [0.2, 0.25) is 5.91 Å². The van der Waals surface area contributed by atoms with Crippen molar-refractivity contribution in [3.63, 3.8) is 0 Å². The molecule has 1 atom stereocenters. The van der Waals surface area contributed by atoms with Crippen LogP contribution in [-0.2, 0) is 4.79 Å². The summed E-state index contributed by atoms with van der Waals surface area (Å²) in [5.41, 5.74) is 1.00. The number of carbonyl (C=O) groups excluding carboxylic acids is 1. The van der Waals surface area contributed by atoms with Crippen LogP contribution in [0.3, 0.4) is 0 Å². The van der Waals surface area contributed by atoms with E-state index >= 15 is 0 Å². The van der Waals surface area contributed by atoms with Gasteiger partial charge in [-0.25, -0.2) is 0 Å². The quantitative estimate of drug-likeness (QED) is 0.761. The van der Waals surface area contributed by atoms with Gasteiger partial charge >= 0.3 is 0 Å². The van der Waals surface area contributed by atoms with Gasteiger partial charge in [0.15, 0.2) is 0 Å². The van der Waals surface area contributed by atoms with Crippen LogP contribution in [0.5, 0.6) is 5.75 Å². The molecule has 0 saturated heterocycles. The zero-order valence-corrected chi connectivity index (χ0v) is 10.0. The molecular weight excluding hydrogens is 216 g/mol. The second kappa shape index (κ2) is 5.68. The average Bonchev–Trinajstić information content (AvgIpc) is 2.38. The highest BCUT2D eigenvalue weighted by Crippen LogP contribution is 2.33. The second-order valence-electron chi connectivity index (χ2n) is 4.12. The minimum absolute atomic E-state index is 0.0724. The van der Waals surface area contributed by atoms with Crippen LogP contribution >= 0.6 is 0 Å². The molecule has 1 aromatic carbocycles. The fourth-order valence-electron chi connectivity index (χ4n) is 2.05. The Kier molecular flexibility index (Phi) is 3.98. The van der Waals surface area contributed by atoms with E-state index < -0.39 is 0 Å². The molecule has 1 unspecified atom stereocenters. The highest BCUT2D eigenvalue weighted by Gasteiger charge is 2.26. The van der Waals surface area contributed by atoms with Crippen molar-refractivity contribution in [1.29, 1.82) is 0 Å². The van der Waals surface area contributed by atoms with Crippen molar-refractivity contribution in [3.05, 3.63) is 29.8 Å². The van der Waals surface area contributed by atoms with Gasteiger partial charge in [0.1, 0.15) is 5.75 Å². The predicted molar refractivity (Wildman–Crippen MR) is 66.2 cm³/mol. The van der Waals surface area contributed by atoms with Crippen molar-refractivity contribution in [3.8, 4) is 5.75 Å². The van der Waals surface area contributed by atoms with E-state index in [0.29, 0.717) is 13.2 Å². The highest BCUT2D eigenvalue weighted by atomic mass is 16.5. The number of benzene rings is 1. The topological polar surface area (TPSA) is 50.4 Å². The molecule has 4 heteroatoms. The first-order chi connectivity index (χ1) is 8.33. The maximum absolute atomic E-state index is 12.0. The SMILES string of the molecule is CNCCNC(=O)C1CCOc2ccccc21. The summed E-state index contributed by atoms with van der Waals surface area (Å²) in [5, 5.41) is 5.94. The number of likely N-dealkylation sites (N-methyl/N-ethyl adjacent to an activating group) is 1. The molecule has 1 aliphatic rings. The number of hydrogen-bond donors (Lipinski definition) is 2. The van der Waals surface area contributed by atoms with E-state index in [4.69, 9.17) is 4.74 Å². The molecule has 0 bridgehead atoms. The lowest BCUT2D eigenvalue weighted by atomic mass is 9.92. The Labute approximate surface area is 101 Å². The molecule has 92 valence electrons. The van der Waals surface area contributed by atoms with Gasteiger partial charge in [-0.3, -0.25) is 4.79 Å². The number of para-hydroxylation sites is 1. The molecule has 2 N–H and O–H groups in total. The fraction of sp³-hybridized carbons (Fsp3) is 0.462. The van der Waals surface area contributed by atoms with Crippen LogP contribution in [0.15, 0.2) is 24.3 Å². The molecule has 17 heavy (non-hydrogen) atoms. The van der Waals surface area contributed by atoms with Crippen molar-refractivity contribution in [2.45, 2.75) is 12.3 Å². The third-order valence-corrected chi connectivity index (χ3v) is 2.95. The van der Waals surface area contributed by atoms with Crippen LogP contribution in [0.4, 0.5) is 0 Å². The Hall–Kier alpha value is -1.55. The summed E-state index contributed by atoms with van der Waals surface area (Å²) in [4.78, 5) is 12.0. The number of nitrogens with one attached hydrogen (secondary N) is 2. The van der Waals surface area contributed by atoms with Gasteiger partial charge < -0.3 is 15.4 Å². The summed E-state index contributed by atoms with van der Waals surface area (Å²) in [6, 6.07) is 7.76. The molecular formula is C13H18N2O2. The zero-order valence-electron chi connectivity index (χ0n) is 10.0. The standard InChI is InChI=1S/C13H18N2O2/c1-14-7-8-15-13(16)11-6-9-17-12-5-3-2-4-10(11)12/h2-5,11,14H,6-9H2,1H3,(H,15,16). The zero-order chi connectivity index (χ0) is 12.1. The van der Waals surface area contributed by atoms with Gasteiger partial charge in [-0.1, -0.05) is 18.2 Å². The summed E-state index contributed by atoms with van der Waals surface area (Å²) in [6.07, 6.45) is 0.752. The van der Waals surface area contributed by atoms with Gasteiger partial charge in [0.05, 0.1) is 12.5 Å². The Balaban J connectivity index is 2.05. The number of rotatable bonds is 4. The molecule has 2 rings (SSSR count). The average molecular weight is 234 g/mol. The largest absolute Gasteiger partial charge is 0.493 e. The third kappa shape index (κ3) is 2.77. The maximum Gasteiger partial charge on any atom is 0.227 e. The monoisotopic (exact) mass is 234 g/mol. The van der Waals surface area contributed by atoms with E-state index in [1.165, 1.54) is 0 Å². The van der Waals surface area contributed by atoms with Gasteiger partial charge in [-0.15, -0.1) is 0 Å². The van der Waals surface area contributed by atoms with Gasteiger partial charge in [0, 0.05) is 18.7 Å². The van der Waals surface area contributed by atoms with Crippen LogP contribution < -0.4 is 15.4 Å². The number of amides is 1. The van der Waals surface area contributed by atoms with Crippen molar-refractivity contribution in [2.75, 3.05) is 26.7 Å². The van der Waals surface area contributed by atoms with Crippen LogP contribution in [0.25, 0.3) is 0 Å². The molecule has 1 aliphatic heterocycles. The normalized spacial score (nSPS) is 18.1. The number of hydrogen-bond acceptors (Lipinski definition) is 3. The maximum atomic E-state index is 12.0. The lowest BCUT2D eigenvalue weighted by Crippen LogP contribution is -2.35. The van der Waals surface area contributed by atoms with E-state index in [-0.39, 0.29) is 11.8 Å². The minimum atomic E-state index is -0.0724. The minimum Gasteiger partial charge on any atom is -0.493 e. The van der Waals surface area contributed by atoms with Crippen molar-refractivity contribution in [1.82, 2.24) is 10.6 Å². The summed E-state index contributed by atoms with van der Waals surface area (Å²) >= 11 is 0. The molecule has 0 fully saturated rings. The van der Waals surface area contributed by atoms with E-state index in [1.807, 2.05) is 31.3 Å². The van der Waals surface area contributed by atoms with Crippen LogP contribution in [-0.4, -0.2) is 32.7 Å². The van der Waals surface area contributed by atoms with Crippen molar-refractivity contribution in [2.24, 2.45) is 0 Å². The van der Waals surface area contributed by atoms with E-state index in [9.17, 15) is 4.79 Å². The number of fused-ring (bicyclic) bond motifs is 1. The lowest BCUT2D eigenvalue weighted by molar-refractivity contribution is -0.123. The Morgan fingerprint density at radius 1 is 1.41 bits per heavy atom. The Morgan fingerprint density at radius 3 is 3.06 bits per heavy atom. The molecule has 0 aliphatic carbocycles. The number of carbonyl (C=O) groups is 1. The summed E-state index contributed by atoms with van der Waals surface area (Å²) < 4.78 is 5.54.